The van der Waals surface area contributed by atoms with Crippen molar-refractivity contribution in [1.82, 2.24) is 14.9 Å². The fourth-order valence-corrected chi connectivity index (χ4v) is 3.97. The number of hydrogen-bond donors (Lipinski definition) is 1. The fraction of sp³-hybridized carbons (Fsp3) is 0.227. The summed E-state index contributed by atoms with van der Waals surface area (Å²) in [6, 6.07) is 15.1. The molecule has 0 aliphatic carbocycles. The van der Waals surface area contributed by atoms with Crippen LogP contribution in [0.5, 0.6) is 0 Å². The minimum atomic E-state index is -0.268. The van der Waals surface area contributed by atoms with E-state index in [2.05, 4.69) is 33.1 Å². The van der Waals surface area contributed by atoms with Gasteiger partial charge in [-0.15, -0.1) is 0 Å². The van der Waals surface area contributed by atoms with Gasteiger partial charge in [0.15, 0.2) is 0 Å². The molecule has 1 saturated heterocycles. The third kappa shape index (κ3) is 4.71. The maximum Gasteiger partial charge on any atom is 0.271 e. The summed E-state index contributed by atoms with van der Waals surface area (Å²) >= 11 is 2.16. The van der Waals surface area contributed by atoms with Gasteiger partial charge in [-0.3, -0.25) is 9.59 Å². The lowest BCUT2D eigenvalue weighted by molar-refractivity contribution is -0.135. The van der Waals surface area contributed by atoms with Crippen LogP contribution in [0.1, 0.15) is 15.9 Å². The highest BCUT2D eigenvalue weighted by Crippen LogP contribution is 2.20. The molecular formula is C22H21IN4O3. The van der Waals surface area contributed by atoms with Gasteiger partial charge in [-0.25, -0.2) is 5.43 Å². The lowest BCUT2D eigenvalue weighted by Gasteiger charge is -2.27. The van der Waals surface area contributed by atoms with Gasteiger partial charge in [0, 0.05) is 44.9 Å². The highest BCUT2D eigenvalue weighted by Gasteiger charge is 2.18. The van der Waals surface area contributed by atoms with Gasteiger partial charge in [0.25, 0.3) is 5.91 Å². The lowest BCUT2D eigenvalue weighted by atomic mass is 10.2. The standard InChI is InChI=1S/C22H21IN4O3/c23-18-5-3-4-16(12-18)22(29)25-24-13-17-14-27(20-7-2-1-6-19(17)20)15-21(28)26-8-10-30-11-9-26/h1-7,12-14H,8-11,15H2,(H,25,29)/b24-13-. The Kier molecular flexibility index (Phi) is 6.44. The number of morpholine rings is 1. The lowest BCUT2D eigenvalue weighted by Crippen LogP contribution is -2.42. The summed E-state index contributed by atoms with van der Waals surface area (Å²) in [7, 11) is 0. The molecule has 0 saturated carbocycles. The second kappa shape index (κ2) is 9.40. The first-order chi connectivity index (χ1) is 14.6. The number of amides is 2. The predicted molar refractivity (Wildman–Crippen MR) is 124 cm³/mol. The summed E-state index contributed by atoms with van der Waals surface area (Å²) in [6.45, 7) is 2.66. The first-order valence-corrected chi connectivity index (χ1v) is 10.7. The Bertz CT molecular complexity index is 1100. The van der Waals surface area contributed by atoms with Crippen molar-refractivity contribution >= 4 is 51.5 Å². The van der Waals surface area contributed by atoms with Gasteiger partial charge in [0.2, 0.25) is 5.91 Å². The summed E-state index contributed by atoms with van der Waals surface area (Å²) in [6.07, 6.45) is 3.51. The number of benzene rings is 2. The van der Waals surface area contributed by atoms with Gasteiger partial charge < -0.3 is 14.2 Å². The zero-order valence-electron chi connectivity index (χ0n) is 16.3. The fourth-order valence-electron chi connectivity index (χ4n) is 3.42. The molecule has 4 rings (SSSR count). The van der Waals surface area contributed by atoms with Crippen molar-refractivity contribution in [2.45, 2.75) is 6.54 Å². The number of para-hydroxylation sites is 1. The van der Waals surface area contributed by atoms with Crippen LogP contribution in [0.2, 0.25) is 0 Å². The molecule has 154 valence electrons. The number of aromatic nitrogens is 1. The van der Waals surface area contributed by atoms with Crippen molar-refractivity contribution in [3.8, 4) is 0 Å². The Hall–Kier alpha value is -2.72. The largest absolute Gasteiger partial charge is 0.378 e. The van der Waals surface area contributed by atoms with Gasteiger partial charge in [-0.1, -0.05) is 24.3 Å². The number of halogens is 1. The molecule has 0 spiro atoms. The number of nitrogens with one attached hydrogen (secondary N) is 1. The number of hydrazone groups is 1. The average molecular weight is 516 g/mol. The van der Waals surface area contributed by atoms with Crippen LogP contribution in [0.4, 0.5) is 0 Å². The van der Waals surface area contributed by atoms with Crippen LogP contribution in [0.3, 0.4) is 0 Å². The van der Waals surface area contributed by atoms with Gasteiger partial charge in [0.1, 0.15) is 6.54 Å². The maximum absolute atomic E-state index is 12.7. The topological polar surface area (TPSA) is 75.9 Å². The summed E-state index contributed by atoms with van der Waals surface area (Å²) < 4.78 is 8.23. The summed E-state index contributed by atoms with van der Waals surface area (Å²) in [5.41, 5.74) is 4.91. The van der Waals surface area contributed by atoms with E-state index in [-0.39, 0.29) is 18.4 Å². The zero-order valence-corrected chi connectivity index (χ0v) is 18.4. The number of hydrogen-bond acceptors (Lipinski definition) is 4. The highest BCUT2D eigenvalue weighted by molar-refractivity contribution is 14.1. The number of rotatable bonds is 5. The molecule has 7 nitrogen and oxygen atoms in total. The Balaban J connectivity index is 1.51. The molecule has 1 aromatic heterocycles. The van der Waals surface area contributed by atoms with E-state index in [1.54, 1.807) is 18.3 Å². The van der Waals surface area contributed by atoms with E-state index in [0.717, 1.165) is 20.0 Å². The molecule has 1 fully saturated rings. The first-order valence-electron chi connectivity index (χ1n) is 9.64. The van der Waals surface area contributed by atoms with Crippen molar-refractivity contribution in [3.05, 3.63) is 69.4 Å². The quantitative estimate of drug-likeness (QED) is 0.322. The SMILES string of the molecule is O=C(N/N=C\c1cn(CC(=O)N2CCOCC2)c2ccccc12)c1cccc(I)c1. The number of ether oxygens (including phenoxy) is 1. The average Bonchev–Trinajstić information content (AvgIpc) is 3.12. The van der Waals surface area contributed by atoms with E-state index in [1.807, 2.05) is 52.1 Å². The van der Waals surface area contributed by atoms with Crippen LogP contribution in [0.15, 0.2) is 59.8 Å². The van der Waals surface area contributed by atoms with Gasteiger partial charge in [-0.2, -0.15) is 5.10 Å². The molecular weight excluding hydrogens is 495 g/mol. The van der Waals surface area contributed by atoms with Crippen LogP contribution in [0.25, 0.3) is 10.9 Å². The Morgan fingerprint density at radius 2 is 1.93 bits per heavy atom. The molecule has 3 aromatic rings. The van der Waals surface area contributed by atoms with Crippen LogP contribution in [0, 0.1) is 3.57 Å². The van der Waals surface area contributed by atoms with Crippen LogP contribution < -0.4 is 5.43 Å². The second-order valence-electron chi connectivity index (χ2n) is 6.93. The van der Waals surface area contributed by atoms with E-state index in [4.69, 9.17) is 4.74 Å². The molecule has 30 heavy (non-hydrogen) atoms. The Morgan fingerprint density at radius 1 is 1.13 bits per heavy atom. The van der Waals surface area contributed by atoms with Crippen molar-refractivity contribution in [2.24, 2.45) is 5.10 Å². The third-order valence-electron chi connectivity index (χ3n) is 4.95. The molecule has 0 unspecified atom stereocenters. The molecule has 0 atom stereocenters. The van der Waals surface area contributed by atoms with Crippen molar-refractivity contribution in [3.63, 3.8) is 0 Å². The van der Waals surface area contributed by atoms with E-state index in [0.29, 0.717) is 31.9 Å². The smallest absolute Gasteiger partial charge is 0.271 e. The molecule has 2 amide bonds. The first kappa shape index (κ1) is 20.5. The maximum atomic E-state index is 12.7. The molecule has 8 heteroatoms. The summed E-state index contributed by atoms with van der Waals surface area (Å²) in [5, 5.41) is 5.10. The van der Waals surface area contributed by atoms with Crippen molar-refractivity contribution < 1.29 is 14.3 Å². The van der Waals surface area contributed by atoms with Gasteiger partial charge in [0.05, 0.1) is 19.4 Å². The van der Waals surface area contributed by atoms with Gasteiger partial charge >= 0.3 is 0 Å². The third-order valence-corrected chi connectivity index (χ3v) is 5.62. The molecule has 0 bridgehead atoms. The van der Waals surface area contributed by atoms with Crippen molar-refractivity contribution in [1.29, 1.82) is 0 Å². The summed E-state index contributed by atoms with van der Waals surface area (Å²) in [4.78, 5) is 26.8. The van der Waals surface area contributed by atoms with Crippen LogP contribution >= 0.6 is 22.6 Å². The summed E-state index contributed by atoms with van der Waals surface area (Å²) in [5.74, 6) is -0.203. The molecule has 1 N–H and O–H groups in total. The molecule has 0 radical (unpaired) electrons. The Morgan fingerprint density at radius 3 is 2.73 bits per heavy atom. The highest BCUT2D eigenvalue weighted by atomic mass is 127. The minimum Gasteiger partial charge on any atom is -0.378 e. The number of nitrogens with zero attached hydrogens (tertiary/aromatic N) is 3. The van der Waals surface area contributed by atoms with Gasteiger partial charge in [-0.05, 0) is 46.9 Å². The minimum absolute atomic E-state index is 0.0644. The van der Waals surface area contributed by atoms with Crippen molar-refractivity contribution in [2.75, 3.05) is 26.3 Å². The van der Waals surface area contributed by atoms with E-state index in [1.165, 1.54) is 0 Å². The number of carbonyl (C=O) groups is 2. The molecule has 2 heterocycles. The Labute approximate surface area is 187 Å². The van der Waals surface area contributed by atoms with Crippen LogP contribution in [-0.4, -0.2) is 53.8 Å². The molecule has 2 aromatic carbocycles. The van der Waals surface area contributed by atoms with E-state index in [9.17, 15) is 9.59 Å². The predicted octanol–water partition coefficient (Wildman–Crippen LogP) is 2.87. The second-order valence-corrected chi connectivity index (χ2v) is 8.18. The molecule has 1 aliphatic rings. The normalized spacial score (nSPS) is 14.4. The number of carbonyl (C=O) groups excluding carboxylic acids is 2. The number of fused-ring (bicyclic) bond motifs is 1. The monoisotopic (exact) mass is 516 g/mol. The van der Waals surface area contributed by atoms with E-state index < -0.39 is 0 Å². The molecule has 1 aliphatic heterocycles. The van der Waals surface area contributed by atoms with Crippen LogP contribution in [-0.2, 0) is 16.1 Å². The zero-order chi connectivity index (χ0) is 20.9. The van der Waals surface area contributed by atoms with E-state index >= 15 is 0 Å².